The molecule has 0 radical (unpaired) electrons. The summed E-state index contributed by atoms with van der Waals surface area (Å²) < 4.78 is 0. The summed E-state index contributed by atoms with van der Waals surface area (Å²) in [6.45, 7) is 2.96. The van der Waals surface area contributed by atoms with E-state index in [9.17, 15) is 9.59 Å². The van der Waals surface area contributed by atoms with Gasteiger partial charge in [0.1, 0.15) is 5.78 Å². The maximum atomic E-state index is 12.2. The van der Waals surface area contributed by atoms with Crippen molar-refractivity contribution in [3.8, 4) is 0 Å². The van der Waals surface area contributed by atoms with Crippen LogP contribution in [0.3, 0.4) is 0 Å². The van der Waals surface area contributed by atoms with Crippen molar-refractivity contribution in [2.75, 3.05) is 6.54 Å². The van der Waals surface area contributed by atoms with Gasteiger partial charge in [-0.2, -0.15) is 0 Å². The SMILES string of the molecule is CC(C(=O)NC1CC1)N1CCCC1C1CCCC1=O. The van der Waals surface area contributed by atoms with Crippen molar-refractivity contribution in [3.63, 3.8) is 0 Å². The molecule has 3 atom stereocenters. The number of Topliss-reactive ketones (excluding diaryl/α,β-unsaturated/α-hetero) is 1. The van der Waals surface area contributed by atoms with Crippen molar-refractivity contribution in [2.45, 2.75) is 70.0 Å². The van der Waals surface area contributed by atoms with Crippen LogP contribution in [0.4, 0.5) is 0 Å². The lowest BCUT2D eigenvalue weighted by Gasteiger charge is -2.32. The zero-order valence-electron chi connectivity index (χ0n) is 11.7. The number of carbonyl (C=O) groups is 2. The van der Waals surface area contributed by atoms with Crippen molar-refractivity contribution in [1.82, 2.24) is 10.2 Å². The van der Waals surface area contributed by atoms with Gasteiger partial charge in [0.25, 0.3) is 0 Å². The smallest absolute Gasteiger partial charge is 0.237 e. The maximum absolute atomic E-state index is 12.2. The summed E-state index contributed by atoms with van der Waals surface area (Å²) in [5.74, 6) is 0.769. The molecule has 3 unspecified atom stereocenters. The van der Waals surface area contributed by atoms with E-state index in [0.717, 1.165) is 51.5 Å². The number of amides is 1. The first-order valence-corrected chi connectivity index (χ1v) is 7.75. The van der Waals surface area contributed by atoms with Crippen LogP contribution < -0.4 is 5.32 Å². The van der Waals surface area contributed by atoms with Crippen LogP contribution in [0.2, 0.25) is 0 Å². The summed E-state index contributed by atoms with van der Waals surface area (Å²) in [5, 5.41) is 3.09. The number of ketones is 1. The third-order valence-electron chi connectivity index (χ3n) is 4.96. The van der Waals surface area contributed by atoms with E-state index < -0.39 is 0 Å². The topological polar surface area (TPSA) is 49.4 Å². The molecule has 4 nitrogen and oxygen atoms in total. The fourth-order valence-corrected chi connectivity index (χ4v) is 3.68. The Morgan fingerprint density at radius 3 is 2.68 bits per heavy atom. The predicted octanol–water partition coefficient (Wildman–Crippen LogP) is 1.49. The zero-order valence-corrected chi connectivity index (χ0v) is 11.7. The molecule has 3 rings (SSSR count). The van der Waals surface area contributed by atoms with E-state index in [-0.39, 0.29) is 17.9 Å². The highest BCUT2D eigenvalue weighted by atomic mass is 16.2. The molecule has 1 N–H and O–H groups in total. The first-order valence-electron chi connectivity index (χ1n) is 7.75. The van der Waals surface area contributed by atoms with Gasteiger partial charge in [0, 0.05) is 24.4 Å². The molecule has 1 heterocycles. The van der Waals surface area contributed by atoms with Crippen molar-refractivity contribution in [1.29, 1.82) is 0 Å². The van der Waals surface area contributed by atoms with Gasteiger partial charge >= 0.3 is 0 Å². The molecule has 1 amide bonds. The van der Waals surface area contributed by atoms with Gasteiger partial charge in [0.15, 0.2) is 0 Å². The van der Waals surface area contributed by atoms with Crippen LogP contribution in [0.25, 0.3) is 0 Å². The molecule has 3 fully saturated rings. The molecule has 1 aliphatic heterocycles. The quantitative estimate of drug-likeness (QED) is 0.837. The van der Waals surface area contributed by atoms with Crippen molar-refractivity contribution < 1.29 is 9.59 Å². The molecule has 19 heavy (non-hydrogen) atoms. The van der Waals surface area contributed by atoms with Gasteiger partial charge < -0.3 is 5.32 Å². The Kier molecular flexibility index (Phi) is 3.61. The molecule has 0 aromatic rings. The summed E-state index contributed by atoms with van der Waals surface area (Å²) in [4.78, 5) is 26.4. The van der Waals surface area contributed by atoms with Crippen LogP contribution in [-0.4, -0.2) is 41.3 Å². The molecule has 0 bridgehead atoms. The monoisotopic (exact) mass is 264 g/mol. The fraction of sp³-hybridized carbons (Fsp3) is 0.867. The summed E-state index contributed by atoms with van der Waals surface area (Å²) in [6.07, 6.45) is 7.27. The number of nitrogens with zero attached hydrogens (tertiary/aromatic N) is 1. The normalized spacial score (nSPS) is 33.6. The third kappa shape index (κ3) is 2.69. The van der Waals surface area contributed by atoms with E-state index in [0.29, 0.717) is 17.9 Å². The Balaban J connectivity index is 1.64. The van der Waals surface area contributed by atoms with Crippen LogP contribution >= 0.6 is 0 Å². The average Bonchev–Trinajstić information content (AvgIpc) is 2.90. The Bertz CT molecular complexity index is 378. The van der Waals surface area contributed by atoms with Crippen LogP contribution in [0.1, 0.15) is 51.9 Å². The lowest BCUT2D eigenvalue weighted by atomic mass is 9.94. The minimum atomic E-state index is -0.0819. The number of hydrogen-bond acceptors (Lipinski definition) is 3. The van der Waals surface area contributed by atoms with E-state index in [1.807, 2.05) is 6.92 Å². The Hall–Kier alpha value is -0.900. The molecule has 0 spiro atoms. The van der Waals surface area contributed by atoms with Crippen LogP contribution in [0, 0.1) is 5.92 Å². The highest BCUT2D eigenvalue weighted by Gasteiger charge is 2.41. The second kappa shape index (κ2) is 5.23. The number of nitrogens with one attached hydrogen (secondary N) is 1. The molecule has 0 aromatic carbocycles. The fourth-order valence-electron chi connectivity index (χ4n) is 3.68. The van der Waals surface area contributed by atoms with Gasteiger partial charge in [-0.25, -0.2) is 0 Å². The van der Waals surface area contributed by atoms with Crippen molar-refractivity contribution >= 4 is 11.7 Å². The highest BCUT2D eigenvalue weighted by molar-refractivity contribution is 5.84. The Morgan fingerprint density at radius 1 is 1.26 bits per heavy atom. The molecule has 3 aliphatic rings. The van der Waals surface area contributed by atoms with E-state index >= 15 is 0 Å². The average molecular weight is 264 g/mol. The molecule has 106 valence electrons. The van der Waals surface area contributed by atoms with Gasteiger partial charge in [0.2, 0.25) is 5.91 Å². The van der Waals surface area contributed by atoms with E-state index in [2.05, 4.69) is 10.2 Å². The second-order valence-electron chi connectivity index (χ2n) is 6.37. The van der Waals surface area contributed by atoms with Crippen molar-refractivity contribution in [3.05, 3.63) is 0 Å². The van der Waals surface area contributed by atoms with Crippen LogP contribution in [0.15, 0.2) is 0 Å². The number of rotatable bonds is 4. The molecular weight excluding hydrogens is 240 g/mol. The number of likely N-dealkylation sites (tertiary alicyclic amines) is 1. The van der Waals surface area contributed by atoms with E-state index in [1.54, 1.807) is 0 Å². The van der Waals surface area contributed by atoms with Gasteiger partial charge in [-0.05, 0) is 52.0 Å². The lowest BCUT2D eigenvalue weighted by molar-refractivity contribution is -0.129. The maximum Gasteiger partial charge on any atom is 0.237 e. The van der Waals surface area contributed by atoms with Crippen LogP contribution in [-0.2, 0) is 9.59 Å². The number of hydrogen-bond donors (Lipinski definition) is 1. The molecule has 0 aromatic heterocycles. The molecule has 1 saturated heterocycles. The molecule has 2 saturated carbocycles. The third-order valence-corrected chi connectivity index (χ3v) is 4.96. The van der Waals surface area contributed by atoms with Gasteiger partial charge in [-0.1, -0.05) is 0 Å². The molecule has 2 aliphatic carbocycles. The van der Waals surface area contributed by atoms with Gasteiger partial charge in [0.05, 0.1) is 6.04 Å². The Morgan fingerprint density at radius 2 is 2.05 bits per heavy atom. The number of carbonyl (C=O) groups excluding carboxylic acids is 2. The van der Waals surface area contributed by atoms with Gasteiger partial charge in [-0.15, -0.1) is 0 Å². The minimum absolute atomic E-state index is 0.0819. The molecular formula is C15H24N2O2. The first kappa shape index (κ1) is 13.1. The largest absolute Gasteiger partial charge is 0.352 e. The predicted molar refractivity (Wildman–Crippen MR) is 72.7 cm³/mol. The van der Waals surface area contributed by atoms with Crippen LogP contribution in [0.5, 0.6) is 0 Å². The minimum Gasteiger partial charge on any atom is -0.352 e. The first-order chi connectivity index (χ1) is 9.16. The van der Waals surface area contributed by atoms with Crippen molar-refractivity contribution in [2.24, 2.45) is 5.92 Å². The second-order valence-corrected chi connectivity index (χ2v) is 6.37. The summed E-state index contributed by atoms with van der Waals surface area (Å²) >= 11 is 0. The standard InChI is InChI=1S/C15H24N2O2/c1-10(15(19)16-11-7-8-11)17-9-3-5-13(17)12-4-2-6-14(12)18/h10-13H,2-9H2,1H3,(H,16,19). The molecule has 4 heteroatoms. The summed E-state index contributed by atoms with van der Waals surface area (Å²) in [7, 11) is 0. The summed E-state index contributed by atoms with van der Waals surface area (Å²) in [5.41, 5.74) is 0. The zero-order chi connectivity index (χ0) is 13.4. The van der Waals surface area contributed by atoms with Gasteiger partial charge in [-0.3, -0.25) is 14.5 Å². The highest BCUT2D eigenvalue weighted by Crippen LogP contribution is 2.34. The van der Waals surface area contributed by atoms with E-state index in [4.69, 9.17) is 0 Å². The Labute approximate surface area is 114 Å². The summed E-state index contributed by atoms with van der Waals surface area (Å²) in [6, 6.07) is 0.653. The lowest BCUT2D eigenvalue weighted by Crippen LogP contribution is -2.50. The van der Waals surface area contributed by atoms with E-state index in [1.165, 1.54) is 0 Å².